The first-order valence-electron chi connectivity index (χ1n) is 9.47. The van der Waals surface area contributed by atoms with Crippen molar-refractivity contribution in [2.24, 2.45) is 0 Å². The number of H-pyrrole nitrogens is 1. The van der Waals surface area contributed by atoms with Crippen molar-refractivity contribution in [2.75, 3.05) is 5.32 Å². The topological polar surface area (TPSA) is 134 Å². The number of aromatic nitrogens is 2. The average molecular weight is 428 g/mol. The fourth-order valence-corrected chi connectivity index (χ4v) is 4.21. The monoisotopic (exact) mass is 428 g/mol. The molecule has 0 aliphatic heterocycles. The van der Waals surface area contributed by atoms with Gasteiger partial charge in [-0.1, -0.05) is 29.4 Å². The Morgan fingerprint density at radius 3 is 2.60 bits per heavy atom. The Morgan fingerprint density at radius 1 is 1.17 bits per heavy atom. The third kappa shape index (κ3) is 5.02. The van der Waals surface area contributed by atoms with E-state index in [1.807, 2.05) is 0 Å². The molecule has 0 spiro atoms. The second-order valence-corrected chi connectivity index (χ2v) is 8.83. The van der Waals surface area contributed by atoms with Crippen molar-refractivity contribution < 1.29 is 17.7 Å². The van der Waals surface area contributed by atoms with E-state index in [1.165, 1.54) is 0 Å². The summed E-state index contributed by atoms with van der Waals surface area (Å²) in [6.07, 6.45) is 2.47. The van der Waals surface area contributed by atoms with Crippen LogP contribution in [0.2, 0.25) is 0 Å². The Labute approximate surface area is 172 Å². The Kier molecular flexibility index (Phi) is 5.51. The predicted octanol–water partition coefficient (Wildman–Crippen LogP) is 2.04. The number of nitrogens with one attached hydrogen (secondary N) is 3. The maximum Gasteiger partial charge on any atom is 0.439 e. The molecule has 0 atom stereocenters. The molecular weight excluding hydrogens is 408 g/mol. The van der Waals surface area contributed by atoms with Gasteiger partial charge in [-0.15, -0.1) is 0 Å². The Bertz CT molecular complexity index is 1210. The van der Waals surface area contributed by atoms with E-state index in [0.29, 0.717) is 17.7 Å². The molecule has 1 aliphatic carbocycles. The van der Waals surface area contributed by atoms with Gasteiger partial charge in [0.05, 0.1) is 4.90 Å². The van der Waals surface area contributed by atoms with E-state index < -0.39 is 15.8 Å². The molecule has 0 radical (unpaired) electrons. The largest absolute Gasteiger partial charge is 0.439 e. The number of anilines is 1. The van der Waals surface area contributed by atoms with Crippen molar-refractivity contribution in [3.8, 4) is 11.4 Å². The number of aromatic amines is 1. The number of sulfonamides is 1. The molecule has 1 amide bonds. The maximum absolute atomic E-state index is 12.3. The zero-order valence-corrected chi connectivity index (χ0v) is 16.7. The van der Waals surface area contributed by atoms with Crippen LogP contribution < -0.4 is 15.8 Å². The molecule has 30 heavy (non-hydrogen) atoms. The van der Waals surface area contributed by atoms with Gasteiger partial charge in [-0.05, 0) is 49.1 Å². The maximum atomic E-state index is 12.3. The molecule has 10 heteroatoms. The van der Waals surface area contributed by atoms with Crippen LogP contribution in [-0.2, 0) is 21.2 Å². The van der Waals surface area contributed by atoms with Gasteiger partial charge in [0.25, 0.3) is 0 Å². The number of hydrogen-bond donors (Lipinski definition) is 3. The smallest absolute Gasteiger partial charge is 0.326 e. The highest BCUT2D eigenvalue weighted by atomic mass is 32.2. The van der Waals surface area contributed by atoms with E-state index >= 15 is 0 Å². The summed E-state index contributed by atoms with van der Waals surface area (Å²) in [6.45, 7) is 0. The number of aryl methyl sites for hydroxylation is 1. The zero-order valence-electron chi connectivity index (χ0n) is 15.9. The standard InChI is InChI=1S/C20H20N4O5S/c25-18(21-16-3-1-2-14(12-16)19-22-20(26)29-23-19)11-6-13-4-9-17(10-5-13)30(27,28)24-15-7-8-15/h1-5,9-10,12,15,24H,6-8,11H2,(H,21,25)(H,22,23,26). The number of nitrogens with zero attached hydrogens (tertiary/aromatic N) is 1. The van der Waals surface area contributed by atoms with Crippen molar-refractivity contribution in [3.63, 3.8) is 0 Å². The summed E-state index contributed by atoms with van der Waals surface area (Å²) in [6, 6.07) is 13.5. The summed E-state index contributed by atoms with van der Waals surface area (Å²) < 4.78 is 31.5. The molecule has 1 heterocycles. The van der Waals surface area contributed by atoms with E-state index in [1.54, 1.807) is 48.5 Å². The Morgan fingerprint density at radius 2 is 1.93 bits per heavy atom. The van der Waals surface area contributed by atoms with Gasteiger partial charge in [0.2, 0.25) is 15.9 Å². The summed E-state index contributed by atoms with van der Waals surface area (Å²) in [4.78, 5) is 26.0. The summed E-state index contributed by atoms with van der Waals surface area (Å²) in [7, 11) is -3.47. The molecule has 9 nitrogen and oxygen atoms in total. The van der Waals surface area contributed by atoms with Gasteiger partial charge in [-0.3, -0.25) is 14.3 Å². The van der Waals surface area contributed by atoms with Gasteiger partial charge < -0.3 is 5.32 Å². The molecular formula is C20H20N4O5S. The lowest BCUT2D eigenvalue weighted by atomic mass is 10.1. The highest BCUT2D eigenvalue weighted by Crippen LogP contribution is 2.22. The first kappa shape index (κ1) is 20.0. The van der Waals surface area contributed by atoms with E-state index in [-0.39, 0.29) is 29.1 Å². The molecule has 3 aromatic rings. The van der Waals surface area contributed by atoms with Gasteiger partial charge in [0.15, 0.2) is 5.82 Å². The van der Waals surface area contributed by atoms with Crippen molar-refractivity contribution in [3.05, 3.63) is 64.6 Å². The fraction of sp³-hybridized carbons (Fsp3) is 0.250. The lowest BCUT2D eigenvalue weighted by Gasteiger charge is -2.08. The highest BCUT2D eigenvalue weighted by Gasteiger charge is 2.27. The quantitative estimate of drug-likeness (QED) is 0.503. The van der Waals surface area contributed by atoms with Crippen LogP contribution >= 0.6 is 0 Å². The minimum absolute atomic E-state index is 0.0569. The number of carbonyl (C=O) groups excluding carboxylic acids is 1. The lowest BCUT2D eigenvalue weighted by Crippen LogP contribution is -2.25. The number of hydrogen-bond acceptors (Lipinski definition) is 6. The van der Waals surface area contributed by atoms with Crippen LogP contribution in [0.25, 0.3) is 11.4 Å². The van der Waals surface area contributed by atoms with Crippen LogP contribution in [0.15, 0.2) is 62.7 Å². The van der Waals surface area contributed by atoms with Gasteiger partial charge >= 0.3 is 5.76 Å². The molecule has 1 aromatic heterocycles. The molecule has 4 rings (SSSR count). The molecule has 156 valence electrons. The third-order valence-electron chi connectivity index (χ3n) is 4.63. The molecule has 0 bridgehead atoms. The molecule has 0 saturated heterocycles. The summed E-state index contributed by atoms with van der Waals surface area (Å²) in [5.74, 6) is -0.559. The second kappa shape index (κ2) is 8.25. The first-order valence-corrected chi connectivity index (χ1v) is 10.9. The van der Waals surface area contributed by atoms with Crippen LogP contribution in [0, 0.1) is 0 Å². The molecule has 0 unspecified atom stereocenters. The number of carbonyl (C=O) groups is 1. The van der Waals surface area contributed by atoms with Gasteiger partial charge in [-0.2, -0.15) is 0 Å². The fourth-order valence-electron chi connectivity index (χ4n) is 2.90. The number of benzene rings is 2. The minimum atomic E-state index is -3.47. The molecule has 1 saturated carbocycles. The molecule has 2 aromatic carbocycles. The second-order valence-electron chi connectivity index (χ2n) is 7.11. The summed E-state index contributed by atoms with van der Waals surface area (Å²) >= 11 is 0. The summed E-state index contributed by atoms with van der Waals surface area (Å²) in [5, 5.41) is 6.42. The van der Waals surface area contributed by atoms with Gasteiger partial charge in [0.1, 0.15) is 0 Å². The third-order valence-corrected chi connectivity index (χ3v) is 6.17. The van der Waals surface area contributed by atoms with Crippen LogP contribution in [0.1, 0.15) is 24.8 Å². The molecule has 3 N–H and O–H groups in total. The number of rotatable bonds is 8. The van der Waals surface area contributed by atoms with Crippen LogP contribution in [-0.4, -0.2) is 30.5 Å². The van der Waals surface area contributed by atoms with E-state index in [0.717, 1.165) is 18.4 Å². The molecule has 1 aliphatic rings. The SMILES string of the molecule is O=C(CCc1ccc(S(=O)(=O)NC2CC2)cc1)Nc1cccc(-c2noc(=O)[nH]2)c1. The number of amides is 1. The van der Waals surface area contributed by atoms with Gasteiger partial charge in [0, 0.05) is 23.7 Å². The predicted molar refractivity (Wildman–Crippen MR) is 109 cm³/mol. The minimum Gasteiger partial charge on any atom is -0.326 e. The normalized spacial score (nSPS) is 13.9. The van der Waals surface area contributed by atoms with Crippen molar-refractivity contribution >= 4 is 21.6 Å². The summed E-state index contributed by atoms with van der Waals surface area (Å²) in [5.41, 5.74) is 2.04. The van der Waals surface area contributed by atoms with E-state index in [2.05, 4.69) is 24.7 Å². The molecule has 1 fully saturated rings. The average Bonchev–Trinajstić information content (AvgIpc) is 3.42. The van der Waals surface area contributed by atoms with Crippen LogP contribution in [0.3, 0.4) is 0 Å². The first-order chi connectivity index (χ1) is 14.4. The zero-order chi connectivity index (χ0) is 21.1. The Hall–Kier alpha value is -3.24. The van der Waals surface area contributed by atoms with Crippen LogP contribution in [0.4, 0.5) is 5.69 Å². The van der Waals surface area contributed by atoms with E-state index in [4.69, 9.17) is 0 Å². The highest BCUT2D eigenvalue weighted by molar-refractivity contribution is 7.89. The van der Waals surface area contributed by atoms with E-state index in [9.17, 15) is 18.0 Å². The van der Waals surface area contributed by atoms with Gasteiger partial charge in [-0.25, -0.2) is 17.9 Å². The van der Waals surface area contributed by atoms with Crippen molar-refractivity contribution in [2.45, 2.75) is 36.6 Å². The lowest BCUT2D eigenvalue weighted by molar-refractivity contribution is -0.116. The van der Waals surface area contributed by atoms with Crippen molar-refractivity contribution in [1.29, 1.82) is 0 Å². The Balaban J connectivity index is 1.33. The van der Waals surface area contributed by atoms with Crippen LogP contribution in [0.5, 0.6) is 0 Å². The van der Waals surface area contributed by atoms with Crippen molar-refractivity contribution in [1.82, 2.24) is 14.9 Å².